The molecule has 0 spiro atoms. The standard InChI is InChI=1S/C11H22N2O3/c1-8(2)12-6-5-10(14)13(9(3)4)7-11(15)16/h8-9,12H,5-7H2,1-4H3,(H,15,16). The van der Waals surface area contributed by atoms with E-state index in [0.29, 0.717) is 19.0 Å². The van der Waals surface area contributed by atoms with Crippen LogP contribution in [0.4, 0.5) is 0 Å². The third-order valence-corrected chi connectivity index (χ3v) is 2.14. The molecule has 94 valence electrons. The van der Waals surface area contributed by atoms with Gasteiger partial charge in [0, 0.05) is 25.0 Å². The minimum Gasteiger partial charge on any atom is -0.480 e. The lowest BCUT2D eigenvalue weighted by Gasteiger charge is -2.25. The third-order valence-electron chi connectivity index (χ3n) is 2.14. The summed E-state index contributed by atoms with van der Waals surface area (Å²) in [7, 11) is 0. The lowest BCUT2D eigenvalue weighted by Crippen LogP contribution is -2.42. The van der Waals surface area contributed by atoms with Gasteiger partial charge < -0.3 is 15.3 Å². The van der Waals surface area contributed by atoms with Gasteiger partial charge in [0.1, 0.15) is 6.54 Å². The second-order valence-electron chi connectivity index (χ2n) is 4.37. The second-order valence-corrected chi connectivity index (χ2v) is 4.37. The fraction of sp³-hybridized carbons (Fsp3) is 0.818. The Morgan fingerprint density at radius 1 is 1.25 bits per heavy atom. The number of amides is 1. The number of carboxylic acid groups (broad SMARTS) is 1. The van der Waals surface area contributed by atoms with E-state index in [9.17, 15) is 9.59 Å². The van der Waals surface area contributed by atoms with E-state index in [1.165, 1.54) is 4.90 Å². The van der Waals surface area contributed by atoms with Crippen LogP contribution in [0.25, 0.3) is 0 Å². The van der Waals surface area contributed by atoms with Crippen LogP contribution in [-0.4, -0.2) is 47.1 Å². The molecule has 0 aliphatic heterocycles. The average molecular weight is 230 g/mol. The van der Waals surface area contributed by atoms with E-state index in [1.807, 2.05) is 27.7 Å². The Labute approximate surface area is 96.8 Å². The van der Waals surface area contributed by atoms with Gasteiger partial charge in [0.25, 0.3) is 0 Å². The van der Waals surface area contributed by atoms with Gasteiger partial charge in [-0.3, -0.25) is 9.59 Å². The molecule has 5 heteroatoms. The molecular weight excluding hydrogens is 208 g/mol. The molecule has 0 aromatic heterocycles. The number of carbonyl (C=O) groups excluding carboxylic acids is 1. The van der Waals surface area contributed by atoms with E-state index in [1.54, 1.807) is 0 Å². The number of nitrogens with zero attached hydrogens (tertiary/aromatic N) is 1. The molecule has 0 atom stereocenters. The van der Waals surface area contributed by atoms with E-state index in [2.05, 4.69) is 5.32 Å². The van der Waals surface area contributed by atoms with Crippen molar-refractivity contribution >= 4 is 11.9 Å². The van der Waals surface area contributed by atoms with Crippen molar-refractivity contribution in [3.05, 3.63) is 0 Å². The first-order chi connectivity index (χ1) is 7.34. The summed E-state index contributed by atoms with van der Waals surface area (Å²) in [6.45, 7) is 7.99. The SMILES string of the molecule is CC(C)NCCC(=O)N(CC(=O)O)C(C)C. The van der Waals surface area contributed by atoms with Crippen molar-refractivity contribution < 1.29 is 14.7 Å². The number of rotatable bonds is 7. The van der Waals surface area contributed by atoms with Crippen LogP contribution in [0.5, 0.6) is 0 Å². The molecule has 0 aliphatic rings. The molecular formula is C11H22N2O3. The van der Waals surface area contributed by atoms with E-state index in [-0.39, 0.29) is 18.5 Å². The maximum atomic E-state index is 11.7. The van der Waals surface area contributed by atoms with Crippen molar-refractivity contribution in [2.24, 2.45) is 0 Å². The highest BCUT2D eigenvalue weighted by Gasteiger charge is 2.19. The zero-order chi connectivity index (χ0) is 12.7. The molecule has 1 amide bonds. The summed E-state index contributed by atoms with van der Waals surface area (Å²) in [5.74, 6) is -1.09. The Bertz CT molecular complexity index is 239. The van der Waals surface area contributed by atoms with Crippen LogP contribution in [0.15, 0.2) is 0 Å². The van der Waals surface area contributed by atoms with Crippen LogP contribution in [0.2, 0.25) is 0 Å². The molecule has 0 bridgehead atoms. The fourth-order valence-corrected chi connectivity index (χ4v) is 1.32. The predicted molar refractivity (Wildman–Crippen MR) is 62.2 cm³/mol. The smallest absolute Gasteiger partial charge is 0.323 e. The Morgan fingerprint density at radius 3 is 2.19 bits per heavy atom. The molecule has 0 heterocycles. The van der Waals surface area contributed by atoms with Crippen molar-refractivity contribution in [1.82, 2.24) is 10.2 Å². The first-order valence-corrected chi connectivity index (χ1v) is 5.59. The molecule has 2 N–H and O–H groups in total. The van der Waals surface area contributed by atoms with Crippen molar-refractivity contribution in [3.63, 3.8) is 0 Å². The number of nitrogens with one attached hydrogen (secondary N) is 1. The molecule has 0 unspecified atom stereocenters. The van der Waals surface area contributed by atoms with Crippen LogP contribution in [0.3, 0.4) is 0 Å². The summed E-state index contributed by atoms with van der Waals surface area (Å²) in [4.78, 5) is 23.7. The summed E-state index contributed by atoms with van der Waals surface area (Å²) in [6.07, 6.45) is 0.337. The van der Waals surface area contributed by atoms with Gasteiger partial charge in [0.15, 0.2) is 0 Å². The van der Waals surface area contributed by atoms with Gasteiger partial charge in [0.2, 0.25) is 5.91 Å². The Kier molecular flexibility index (Phi) is 6.72. The van der Waals surface area contributed by atoms with Gasteiger partial charge in [-0.25, -0.2) is 0 Å². The molecule has 0 aromatic carbocycles. The van der Waals surface area contributed by atoms with Crippen LogP contribution < -0.4 is 5.32 Å². The number of carboxylic acids is 1. The van der Waals surface area contributed by atoms with Gasteiger partial charge in [-0.2, -0.15) is 0 Å². The normalized spacial score (nSPS) is 10.9. The number of aliphatic carboxylic acids is 1. The fourth-order valence-electron chi connectivity index (χ4n) is 1.32. The monoisotopic (exact) mass is 230 g/mol. The summed E-state index contributed by atoms with van der Waals surface area (Å²) in [5.41, 5.74) is 0. The maximum absolute atomic E-state index is 11.7. The summed E-state index contributed by atoms with van der Waals surface area (Å²) < 4.78 is 0. The zero-order valence-electron chi connectivity index (χ0n) is 10.5. The summed E-state index contributed by atoms with van der Waals surface area (Å²) in [5, 5.41) is 11.8. The molecule has 0 aliphatic carbocycles. The first-order valence-electron chi connectivity index (χ1n) is 5.59. The number of carbonyl (C=O) groups is 2. The van der Waals surface area contributed by atoms with E-state index < -0.39 is 5.97 Å². The van der Waals surface area contributed by atoms with Crippen molar-refractivity contribution in [1.29, 1.82) is 0 Å². The van der Waals surface area contributed by atoms with Gasteiger partial charge >= 0.3 is 5.97 Å². The predicted octanol–water partition coefficient (Wildman–Crippen LogP) is 0.696. The lowest BCUT2D eigenvalue weighted by molar-refractivity contribution is -0.145. The van der Waals surface area contributed by atoms with Gasteiger partial charge in [-0.1, -0.05) is 13.8 Å². The van der Waals surface area contributed by atoms with Gasteiger partial charge in [0.05, 0.1) is 0 Å². The van der Waals surface area contributed by atoms with Gasteiger partial charge in [-0.05, 0) is 13.8 Å². The van der Waals surface area contributed by atoms with E-state index in [0.717, 1.165) is 0 Å². The Balaban J connectivity index is 4.12. The van der Waals surface area contributed by atoms with Gasteiger partial charge in [-0.15, -0.1) is 0 Å². The topological polar surface area (TPSA) is 69.6 Å². The highest BCUT2D eigenvalue weighted by Crippen LogP contribution is 2.01. The Hall–Kier alpha value is -1.10. The summed E-state index contributed by atoms with van der Waals surface area (Å²) in [6, 6.07) is 0.252. The molecule has 0 aromatic rings. The quantitative estimate of drug-likeness (QED) is 0.675. The van der Waals surface area contributed by atoms with E-state index in [4.69, 9.17) is 5.11 Å². The molecule has 0 fully saturated rings. The third kappa shape index (κ3) is 6.40. The van der Waals surface area contributed by atoms with Crippen molar-refractivity contribution in [3.8, 4) is 0 Å². The summed E-state index contributed by atoms with van der Waals surface area (Å²) >= 11 is 0. The highest BCUT2D eigenvalue weighted by molar-refractivity contribution is 5.81. The lowest BCUT2D eigenvalue weighted by atomic mass is 10.2. The number of hydrogen-bond donors (Lipinski definition) is 2. The molecule has 5 nitrogen and oxygen atoms in total. The average Bonchev–Trinajstić information content (AvgIpc) is 2.12. The number of hydrogen-bond acceptors (Lipinski definition) is 3. The van der Waals surface area contributed by atoms with E-state index >= 15 is 0 Å². The first kappa shape index (κ1) is 14.9. The molecule has 16 heavy (non-hydrogen) atoms. The minimum atomic E-state index is -0.973. The van der Waals surface area contributed by atoms with Crippen molar-refractivity contribution in [2.75, 3.05) is 13.1 Å². The molecule has 0 saturated heterocycles. The van der Waals surface area contributed by atoms with Crippen LogP contribution in [-0.2, 0) is 9.59 Å². The second kappa shape index (κ2) is 7.22. The minimum absolute atomic E-state index is 0.0809. The Morgan fingerprint density at radius 2 is 1.81 bits per heavy atom. The molecule has 0 rings (SSSR count). The molecule has 0 saturated carbocycles. The maximum Gasteiger partial charge on any atom is 0.323 e. The molecule has 0 radical (unpaired) electrons. The van der Waals surface area contributed by atoms with Crippen LogP contribution in [0, 0.1) is 0 Å². The van der Waals surface area contributed by atoms with Crippen LogP contribution >= 0.6 is 0 Å². The largest absolute Gasteiger partial charge is 0.480 e. The van der Waals surface area contributed by atoms with Crippen molar-refractivity contribution in [2.45, 2.75) is 46.2 Å². The van der Waals surface area contributed by atoms with Crippen LogP contribution in [0.1, 0.15) is 34.1 Å². The highest BCUT2D eigenvalue weighted by atomic mass is 16.4. The zero-order valence-corrected chi connectivity index (χ0v) is 10.5.